The number of imidazole rings is 1. The molecule has 106 valence electrons. The number of carbonyl (C=O) groups is 1. The highest BCUT2D eigenvalue weighted by Gasteiger charge is 2.26. The highest BCUT2D eigenvalue weighted by molar-refractivity contribution is 9.10. The van der Waals surface area contributed by atoms with Gasteiger partial charge in [0.25, 0.3) is 0 Å². The number of benzene rings is 1. The van der Waals surface area contributed by atoms with Crippen LogP contribution in [0.15, 0.2) is 22.7 Å². The predicted molar refractivity (Wildman–Crippen MR) is 80.7 cm³/mol. The van der Waals surface area contributed by atoms with Crippen LogP contribution in [-0.2, 0) is 9.53 Å². The quantitative estimate of drug-likeness (QED) is 0.856. The number of ether oxygens (including phenoxy) is 1. The molecule has 1 N–H and O–H groups in total. The summed E-state index contributed by atoms with van der Waals surface area (Å²) in [5.41, 5.74) is 1.97. The van der Waals surface area contributed by atoms with Gasteiger partial charge in [-0.25, -0.2) is 4.98 Å². The number of hydrogen-bond donors (Lipinski definition) is 1. The van der Waals surface area contributed by atoms with Gasteiger partial charge < -0.3 is 14.6 Å². The number of H-pyrrole nitrogens is 1. The first-order chi connectivity index (χ1) is 9.67. The summed E-state index contributed by atoms with van der Waals surface area (Å²) < 4.78 is 5.84. The second-order valence-electron chi connectivity index (χ2n) is 5.01. The number of rotatable bonds is 2. The monoisotopic (exact) mass is 337 g/mol. The van der Waals surface area contributed by atoms with Crippen molar-refractivity contribution >= 4 is 38.9 Å². The largest absolute Gasteiger partial charge is 0.469 e. The first-order valence-corrected chi connectivity index (χ1v) is 7.44. The van der Waals surface area contributed by atoms with E-state index in [-0.39, 0.29) is 11.9 Å². The van der Waals surface area contributed by atoms with Crippen LogP contribution >= 0.6 is 15.9 Å². The van der Waals surface area contributed by atoms with Gasteiger partial charge in [-0.2, -0.15) is 0 Å². The average molecular weight is 338 g/mol. The number of carbonyl (C=O) groups excluding carboxylic acids is 1. The molecule has 20 heavy (non-hydrogen) atoms. The summed E-state index contributed by atoms with van der Waals surface area (Å²) in [6, 6.07) is 5.99. The average Bonchev–Trinajstić information content (AvgIpc) is 2.89. The zero-order chi connectivity index (χ0) is 14.1. The molecule has 0 saturated carbocycles. The minimum absolute atomic E-state index is 0.0229. The number of halogens is 1. The highest BCUT2D eigenvalue weighted by Crippen LogP contribution is 2.25. The number of aromatic nitrogens is 2. The van der Waals surface area contributed by atoms with Crippen molar-refractivity contribution in [3.8, 4) is 0 Å². The topological polar surface area (TPSA) is 58.2 Å². The Balaban J connectivity index is 1.75. The summed E-state index contributed by atoms with van der Waals surface area (Å²) in [7, 11) is 1.45. The van der Waals surface area contributed by atoms with Gasteiger partial charge in [0.1, 0.15) is 0 Å². The van der Waals surface area contributed by atoms with Crippen molar-refractivity contribution in [1.29, 1.82) is 0 Å². The lowest BCUT2D eigenvalue weighted by atomic mass is 9.97. The van der Waals surface area contributed by atoms with Crippen molar-refractivity contribution in [3.05, 3.63) is 22.7 Å². The van der Waals surface area contributed by atoms with Gasteiger partial charge in [-0.1, -0.05) is 15.9 Å². The molecule has 0 amide bonds. The predicted octanol–water partition coefficient (Wildman–Crippen LogP) is 2.71. The van der Waals surface area contributed by atoms with Crippen LogP contribution in [0, 0.1) is 5.92 Å². The van der Waals surface area contributed by atoms with Crippen LogP contribution in [0.25, 0.3) is 11.0 Å². The second kappa shape index (κ2) is 5.44. The smallest absolute Gasteiger partial charge is 0.308 e. The summed E-state index contributed by atoms with van der Waals surface area (Å²) in [6.45, 7) is 1.64. The number of hydrogen-bond acceptors (Lipinski definition) is 4. The van der Waals surface area contributed by atoms with E-state index in [1.807, 2.05) is 18.2 Å². The molecule has 1 aliphatic rings. The van der Waals surface area contributed by atoms with Crippen LogP contribution in [0.5, 0.6) is 0 Å². The standard InChI is InChI=1S/C14H16BrN3O2/c1-20-13(19)9-4-6-18(7-5-9)14-16-11-3-2-10(15)8-12(11)17-14/h2-3,8-9H,4-7H2,1H3,(H,16,17). The maximum atomic E-state index is 11.5. The van der Waals surface area contributed by atoms with E-state index >= 15 is 0 Å². The molecule has 0 atom stereocenters. The maximum Gasteiger partial charge on any atom is 0.308 e. The fourth-order valence-electron chi connectivity index (χ4n) is 2.61. The lowest BCUT2D eigenvalue weighted by Crippen LogP contribution is -2.37. The van der Waals surface area contributed by atoms with Gasteiger partial charge in [-0.15, -0.1) is 0 Å². The molecule has 3 rings (SSSR count). The number of nitrogens with zero attached hydrogens (tertiary/aromatic N) is 2. The molecule has 0 spiro atoms. The summed E-state index contributed by atoms with van der Waals surface area (Å²) in [5, 5.41) is 0. The summed E-state index contributed by atoms with van der Waals surface area (Å²) >= 11 is 3.46. The Hall–Kier alpha value is -1.56. The Morgan fingerprint density at radius 2 is 2.20 bits per heavy atom. The van der Waals surface area contributed by atoms with Crippen LogP contribution in [0.3, 0.4) is 0 Å². The van der Waals surface area contributed by atoms with Gasteiger partial charge in [-0.05, 0) is 31.0 Å². The first-order valence-electron chi connectivity index (χ1n) is 6.65. The molecule has 0 aliphatic carbocycles. The maximum absolute atomic E-state index is 11.5. The Labute approximate surface area is 125 Å². The van der Waals surface area contributed by atoms with E-state index in [2.05, 4.69) is 30.8 Å². The molecule has 2 heterocycles. The van der Waals surface area contributed by atoms with Crippen molar-refractivity contribution < 1.29 is 9.53 Å². The van der Waals surface area contributed by atoms with Crippen LogP contribution in [0.2, 0.25) is 0 Å². The Morgan fingerprint density at radius 1 is 1.45 bits per heavy atom. The minimum atomic E-state index is -0.0989. The molecule has 1 aromatic carbocycles. The van der Waals surface area contributed by atoms with E-state index in [1.165, 1.54) is 7.11 Å². The number of nitrogens with one attached hydrogen (secondary N) is 1. The Morgan fingerprint density at radius 3 is 2.90 bits per heavy atom. The molecule has 2 aromatic rings. The molecular weight excluding hydrogens is 322 g/mol. The molecule has 5 nitrogen and oxygen atoms in total. The van der Waals surface area contributed by atoms with Crippen molar-refractivity contribution in [2.24, 2.45) is 5.92 Å². The zero-order valence-electron chi connectivity index (χ0n) is 11.2. The normalized spacial score (nSPS) is 16.6. The molecule has 1 saturated heterocycles. The molecule has 6 heteroatoms. The molecule has 1 fully saturated rings. The molecule has 0 unspecified atom stereocenters. The minimum Gasteiger partial charge on any atom is -0.469 e. The van der Waals surface area contributed by atoms with Crippen molar-refractivity contribution in [3.63, 3.8) is 0 Å². The Kier molecular flexibility index (Phi) is 3.65. The number of anilines is 1. The third-order valence-electron chi connectivity index (χ3n) is 3.76. The number of esters is 1. The van der Waals surface area contributed by atoms with E-state index in [9.17, 15) is 4.79 Å². The highest BCUT2D eigenvalue weighted by atomic mass is 79.9. The van der Waals surface area contributed by atoms with Gasteiger partial charge in [0.2, 0.25) is 5.95 Å². The SMILES string of the molecule is COC(=O)C1CCN(c2nc3ccc(Br)cc3[nH]2)CC1. The molecule has 1 aromatic heterocycles. The van der Waals surface area contributed by atoms with E-state index in [0.717, 1.165) is 47.4 Å². The van der Waals surface area contributed by atoms with E-state index < -0.39 is 0 Å². The van der Waals surface area contributed by atoms with Gasteiger partial charge >= 0.3 is 5.97 Å². The van der Waals surface area contributed by atoms with E-state index in [4.69, 9.17) is 4.74 Å². The second-order valence-corrected chi connectivity index (χ2v) is 5.92. The lowest BCUT2D eigenvalue weighted by Gasteiger charge is -2.30. The van der Waals surface area contributed by atoms with E-state index in [1.54, 1.807) is 0 Å². The number of aromatic amines is 1. The van der Waals surface area contributed by atoms with Gasteiger partial charge in [0.05, 0.1) is 24.1 Å². The number of methoxy groups -OCH3 is 1. The summed E-state index contributed by atoms with van der Waals surface area (Å²) in [6.07, 6.45) is 1.63. The third kappa shape index (κ3) is 2.52. The molecule has 0 radical (unpaired) electrons. The third-order valence-corrected chi connectivity index (χ3v) is 4.25. The molecule has 1 aliphatic heterocycles. The molecule has 0 bridgehead atoms. The fraction of sp³-hybridized carbons (Fsp3) is 0.429. The number of piperidine rings is 1. The van der Waals surface area contributed by atoms with E-state index in [0.29, 0.717) is 0 Å². The summed E-state index contributed by atoms with van der Waals surface area (Å²) in [5.74, 6) is 0.800. The molecular formula is C14H16BrN3O2. The van der Waals surface area contributed by atoms with Gasteiger partial charge in [-0.3, -0.25) is 4.79 Å². The summed E-state index contributed by atoms with van der Waals surface area (Å²) in [4.78, 5) is 21.6. The van der Waals surface area contributed by atoms with Crippen molar-refractivity contribution in [2.45, 2.75) is 12.8 Å². The number of fused-ring (bicyclic) bond motifs is 1. The first kappa shape index (κ1) is 13.4. The van der Waals surface area contributed by atoms with Crippen molar-refractivity contribution in [1.82, 2.24) is 9.97 Å². The lowest BCUT2D eigenvalue weighted by molar-refractivity contribution is -0.146. The van der Waals surface area contributed by atoms with Gasteiger partial charge in [0.15, 0.2) is 0 Å². The fourth-order valence-corrected chi connectivity index (χ4v) is 2.97. The van der Waals surface area contributed by atoms with Crippen LogP contribution < -0.4 is 4.90 Å². The van der Waals surface area contributed by atoms with Crippen LogP contribution in [0.1, 0.15) is 12.8 Å². The Bertz CT molecular complexity index is 632. The zero-order valence-corrected chi connectivity index (χ0v) is 12.8. The van der Waals surface area contributed by atoms with Gasteiger partial charge in [0, 0.05) is 17.6 Å². The van der Waals surface area contributed by atoms with Crippen molar-refractivity contribution in [2.75, 3.05) is 25.1 Å². The van der Waals surface area contributed by atoms with Crippen LogP contribution in [-0.4, -0.2) is 36.1 Å². The van der Waals surface area contributed by atoms with Crippen LogP contribution in [0.4, 0.5) is 5.95 Å².